The van der Waals surface area contributed by atoms with E-state index in [2.05, 4.69) is 6.58 Å². The fourth-order valence-electron chi connectivity index (χ4n) is 3.54. The van der Waals surface area contributed by atoms with Gasteiger partial charge in [0.1, 0.15) is 12.2 Å². The Morgan fingerprint density at radius 1 is 0.903 bits per heavy atom. The molecule has 1 saturated heterocycles. The van der Waals surface area contributed by atoms with E-state index in [-0.39, 0.29) is 12.7 Å². The maximum absolute atomic E-state index is 11.9. The van der Waals surface area contributed by atoms with Gasteiger partial charge >= 0.3 is 5.97 Å². The summed E-state index contributed by atoms with van der Waals surface area (Å²) in [4.78, 5) is 11.9. The first-order valence-corrected chi connectivity index (χ1v) is 10.4. The van der Waals surface area contributed by atoms with E-state index in [4.69, 9.17) is 23.7 Å². The zero-order valence-corrected chi connectivity index (χ0v) is 18.0. The topological polar surface area (TPSA) is 63.2 Å². The highest BCUT2D eigenvalue weighted by atomic mass is 16.7. The Hall–Kier alpha value is -2.51. The quantitative estimate of drug-likeness (QED) is 0.422. The maximum Gasteiger partial charge on any atom is 0.303 e. The molecule has 1 heterocycles. The lowest BCUT2D eigenvalue weighted by Gasteiger charge is -2.44. The molecule has 166 valence electrons. The van der Waals surface area contributed by atoms with Crippen LogP contribution in [-0.2, 0) is 41.7 Å². The SMILES string of the molecule is C=CCO[C@H]1O[C@H](C)[C@@H](OCc2ccccc2)[C@H](OCc2ccccc2)[C@@H]1OC(C)=O. The van der Waals surface area contributed by atoms with Crippen LogP contribution in [0.4, 0.5) is 0 Å². The van der Waals surface area contributed by atoms with Crippen LogP contribution in [0.3, 0.4) is 0 Å². The Bertz CT molecular complexity index is 809. The van der Waals surface area contributed by atoms with Crippen molar-refractivity contribution in [2.75, 3.05) is 6.61 Å². The minimum absolute atomic E-state index is 0.260. The van der Waals surface area contributed by atoms with Crippen LogP contribution in [0.25, 0.3) is 0 Å². The van der Waals surface area contributed by atoms with E-state index in [1.807, 2.05) is 67.6 Å². The van der Waals surface area contributed by atoms with Crippen molar-refractivity contribution < 1.29 is 28.5 Å². The number of rotatable bonds is 10. The third kappa shape index (κ3) is 6.74. The second-order valence-corrected chi connectivity index (χ2v) is 7.43. The Balaban J connectivity index is 1.81. The molecule has 6 nitrogen and oxygen atoms in total. The molecule has 31 heavy (non-hydrogen) atoms. The van der Waals surface area contributed by atoms with Crippen LogP contribution in [0.2, 0.25) is 0 Å². The highest BCUT2D eigenvalue weighted by molar-refractivity contribution is 5.66. The van der Waals surface area contributed by atoms with Gasteiger partial charge in [0, 0.05) is 6.92 Å². The molecule has 0 radical (unpaired) electrons. The van der Waals surface area contributed by atoms with Gasteiger partial charge in [-0.25, -0.2) is 0 Å². The molecule has 3 rings (SSSR count). The van der Waals surface area contributed by atoms with Gasteiger partial charge in [-0.05, 0) is 18.1 Å². The average Bonchev–Trinajstić information content (AvgIpc) is 2.78. The van der Waals surface area contributed by atoms with Gasteiger partial charge in [0.05, 0.1) is 25.9 Å². The highest BCUT2D eigenvalue weighted by Crippen LogP contribution is 2.30. The summed E-state index contributed by atoms with van der Waals surface area (Å²) < 4.78 is 29.9. The Morgan fingerprint density at radius 3 is 1.97 bits per heavy atom. The molecule has 6 heteroatoms. The summed E-state index contributed by atoms with van der Waals surface area (Å²) in [5.74, 6) is -0.439. The van der Waals surface area contributed by atoms with Crippen LogP contribution < -0.4 is 0 Å². The second-order valence-electron chi connectivity index (χ2n) is 7.43. The summed E-state index contributed by atoms with van der Waals surface area (Å²) >= 11 is 0. The fourth-order valence-corrected chi connectivity index (χ4v) is 3.54. The van der Waals surface area contributed by atoms with E-state index in [1.165, 1.54) is 6.92 Å². The van der Waals surface area contributed by atoms with Gasteiger partial charge in [0.25, 0.3) is 0 Å². The van der Waals surface area contributed by atoms with Gasteiger partial charge in [0.15, 0.2) is 12.4 Å². The van der Waals surface area contributed by atoms with Crippen molar-refractivity contribution in [2.24, 2.45) is 0 Å². The number of hydrogen-bond acceptors (Lipinski definition) is 6. The van der Waals surface area contributed by atoms with Gasteiger partial charge in [-0.15, -0.1) is 6.58 Å². The van der Waals surface area contributed by atoms with E-state index in [1.54, 1.807) is 6.08 Å². The molecule has 1 aliphatic rings. The molecular weight excluding hydrogens is 396 g/mol. The van der Waals surface area contributed by atoms with Crippen molar-refractivity contribution in [1.82, 2.24) is 0 Å². The molecule has 0 unspecified atom stereocenters. The van der Waals surface area contributed by atoms with E-state index in [9.17, 15) is 4.79 Å². The zero-order valence-electron chi connectivity index (χ0n) is 18.0. The average molecular weight is 427 g/mol. The van der Waals surface area contributed by atoms with Crippen LogP contribution in [-0.4, -0.2) is 43.3 Å². The second kappa shape index (κ2) is 11.8. The fraction of sp³-hybridized carbons (Fsp3) is 0.400. The molecule has 0 bridgehead atoms. The number of ether oxygens (including phenoxy) is 5. The normalized spacial score (nSPS) is 25.7. The molecule has 0 aromatic heterocycles. The smallest absolute Gasteiger partial charge is 0.303 e. The largest absolute Gasteiger partial charge is 0.454 e. The van der Waals surface area contributed by atoms with E-state index in [0.717, 1.165) is 11.1 Å². The first-order chi connectivity index (χ1) is 15.1. The van der Waals surface area contributed by atoms with Crippen molar-refractivity contribution in [1.29, 1.82) is 0 Å². The molecule has 0 spiro atoms. The molecule has 0 amide bonds. The summed E-state index contributed by atoms with van der Waals surface area (Å²) in [6.07, 6.45) is -1.32. The molecule has 1 aliphatic heterocycles. The molecule has 2 aromatic rings. The molecule has 2 aromatic carbocycles. The van der Waals surface area contributed by atoms with Crippen molar-refractivity contribution >= 4 is 5.97 Å². The Labute approximate surface area is 183 Å². The number of hydrogen-bond donors (Lipinski definition) is 0. The summed E-state index contributed by atoms with van der Waals surface area (Å²) in [6.45, 7) is 7.93. The van der Waals surface area contributed by atoms with Crippen LogP contribution >= 0.6 is 0 Å². The third-order valence-electron chi connectivity index (χ3n) is 4.98. The number of esters is 1. The van der Waals surface area contributed by atoms with E-state index < -0.39 is 30.6 Å². The first kappa shape index (κ1) is 23.2. The van der Waals surface area contributed by atoms with Crippen LogP contribution in [0.15, 0.2) is 73.3 Å². The summed E-state index contributed by atoms with van der Waals surface area (Å²) in [5.41, 5.74) is 2.04. The zero-order chi connectivity index (χ0) is 22.1. The van der Waals surface area contributed by atoms with Gasteiger partial charge in [0.2, 0.25) is 0 Å². The van der Waals surface area contributed by atoms with Gasteiger partial charge < -0.3 is 23.7 Å². The monoisotopic (exact) mass is 426 g/mol. The van der Waals surface area contributed by atoms with Gasteiger partial charge in [-0.1, -0.05) is 66.7 Å². The minimum atomic E-state index is -0.783. The van der Waals surface area contributed by atoms with Crippen molar-refractivity contribution in [3.63, 3.8) is 0 Å². The number of benzene rings is 2. The number of carbonyl (C=O) groups excluding carboxylic acids is 1. The minimum Gasteiger partial charge on any atom is -0.454 e. The third-order valence-corrected chi connectivity index (χ3v) is 4.98. The molecule has 0 saturated carbocycles. The Kier molecular flexibility index (Phi) is 8.79. The van der Waals surface area contributed by atoms with Crippen LogP contribution in [0.1, 0.15) is 25.0 Å². The van der Waals surface area contributed by atoms with Gasteiger partial charge in [-0.2, -0.15) is 0 Å². The highest BCUT2D eigenvalue weighted by Gasteiger charge is 2.48. The van der Waals surface area contributed by atoms with Gasteiger partial charge in [-0.3, -0.25) is 4.79 Å². The van der Waals surface area contributed by atoms with E-state index >= 15 is 0 Å². The van der Waals surface area contributed by atoms with Crippen molar-refractivity contribution in [3.05, 3.63) is 84.4 Å². The molecule has 5 atom stereocenters. The lowest BCUT2D eigenvalue weighted by Crippen LogP contribution is -2.60. The lowest BCUT2D eigenvalue weighted by atomic mass is 9.98. The molecular formula is C25H30O6. The predicted octanol–water partition coefficient (Wildman–Crippen LogP) is 4.04. The predicted molar refractivity (Wildman–Crippen MR) is 116 cm³/mol. The molecule has 0 N–H and O–H groups in total. The maximum atomic E-state index is 11.9. The summed E-state index contributed by atoms with van der Waals surface area (Å²) in [6, 6.07) is 19.7. The lowest BCUT2D eigenvalue weighted by molar-refractivity contribution is -0.310. The molecule has 1 fully saturated rings. The van der Waals surface area contributed by atoms with Crippen molar-refractivity contribution in [2.45, 2.75) is 57.8 Å². The van der Waals surface area contributed by atoms with Crippen molar-refractivity contribution in [3.8, 4) is 0 Å². The summed E-state index contributed by atoms with van der Waals surface area (Å²) in [5, 5.41) is 0. The van der Waals surface area contributed by atoms with E-state index in [0.29, 0.717) is 13.2 Å². The Morgan fingerprint density at radius 2 is 1.45 bits per heavy atom. The molecule has 0 aliphatic carbocycles. The first-order valence-electron chi connectivity index (χ1n) is 10.4. The number of carbonyl (C=O) groups is 1. The van der Waals surface area contributed by atoms with Crippen LogP contribution in [0, 0.1) is 0 Å². The van der Waals surface area contributed by atoms with Crippen LogP contribution in [0.5, 0.6) is 0 Å². The standard InChI is InChI=1S/C25H30O6/c1-4-15-27-25-24(31-19(3)26)23(29-17-21-13-9-6-10-14-21)22(18(2)30-25)28-16-20-11-7-5-8-12-20/h4-14,18,22-25H,1,15-17H2,2-3H3/t18-,22-,23+,24+,25+/m1/s1. The summed E-state index contributed by atoms with van der Waals surface area (Å²) in [7, 11) is 0.